The number of morpholine rings is 1. The number of carbonyl (C=O) groups is 2. The number of aliphatic hydroxyl groups excluding tert-OH is 1. The SMILES string of the molecule is Cc1c(C=C2C(=O)Nc3ccc(Br)cc32)[nH]c2c1C(=O)N(CC(O)CN1CCOCC1)CC2. The number of carbonyl (C=O) groups excluding carboxylic acids is 2. The monoisotopic (exact) mass is 514 g/mol. The van der Waals surface area contributed by atoms with Crippen molar-refractivity contribution in [2.45, 2.75) is 19.4 Å². The van der Waals surface area contributed by atoms with Crippen LogP contribution in [0.25, 0.3) is 11.6 Å². The number of aliphatic hydroxyl groups is 1. The molecule has 2 aromatic rings. The topological polar surface area (TPSA) is 97.9 Å². The molecule has 1 fully saturated rings. The van der Waals surface area contributed by atoms with Crippen molar-refractivity contribution in [2.24, 2.45) is 0 Å². The van der Waals surface area contributed by atoms with Gasteiger partial charge in [-0.3, -0.25) is 14.5 Å². The molecule has 2 amide bonds. The fraction of sp³-hybridized carbons (Fsp3) is 0.417. The predicted molar refractivity (Wildman–Crippen MR) is 129 cm³/mol. The van der Waals surface area contributed by atoms with Crippen molar-refractivity contribution in [3.63, 3.8) is 0 Å². The lowest BCUT2D eigenvalue weighted by Gasteiger charge is -2.32. The Bertz CT molecular complexity index is 1140. The Balaban J connectivity index is 1.35. The molecule has 1 aromatic heterocycles. The minimum Gasteiger partial charge on any atom is -0.390 e. The molecule has 0 spiro atoms. The van der Waals surface area contributed by atoms with E-state index in [2.05, 4.69) is 31.1 Å². The van der Waals surface area contributed by atoms with Crippen molar-refractivity contribution < 1.29 is 19.4 Å². The first kappa shape index (κ1) is 22.3. The van der Waals surface area contributed by atoms with Crippen LogP contribution in [-0.2, 0) is 16.0 Å². The number of ether oxygens (including phenoxy) is 1. The van der Waals surface area contributed by atoms with Gasteiger partial charge in [0, 0.05) is 66.3 Å². The van der Waals surface area contributed by atoms with E-state index in [1.54, 1.807) is 4.90 Å². The first-order chi connectivity index (χ1) is 15.9. The third-order valence-corrected chi connectivity index (χ3v) is 7.05. The van der Waals surface area contributed by atoms with Crippen LogP contribution in [0.15, 0.2) is 22.7 Å². The summed E-state index contributed by atoms with van der Waals surface area (Å²) in [5.74, 6) is -0.232. The Kier molecular flexibility index (Phi) is 6.13. The van der Waals surface area contributed by atoms with Crippen molar-refractivity contribution in [3.05, 3.63) is 50.8 Å². The molecule has 3 aliphatic heterocycles. The summed E-state index contributed by atoms with van der Waals surface area (Å²) in [6.45, 7) is 6.26. The normalized spacial score (nSPS) is 20.7. The number of H-pyrrole nitrogens is 1. The molecule has 8 nitrogen and oxygen atoms in total. The van der Waals surface area contributed by atoms with Gasteiger partial charge in [0.05, 0.1) is 30.5 Å². The van der Waals surface area contributed by atoms with E-state index in [0.717, 1.165) is 45.8 Å². The van der Waals surface area contributed by atoms with Crippen LogP contribution in [0.5, 0.6) is 0 Å². The Hall–Kier alpha value is -2.46. The summed E-state index contributed by atoms with van der Waals surface area (Å²) < 4.78 is 6.25. The Labute approximate surface area is 200 Å². The molecule has 0 saturated carbocycles. The summed E-state index contributed by atoms with van der Waals surface area (Å²) in [5.41, 5.74) is 5.31. The minimum absolute atomic E-state index is 0.0744. The number of anilines is 1. The number of fused-ring (bicyclic) bond motifs is 2. The third-order valence-electron chi connectivity index (χ3n) is 6.56. The van der Waals surface area contributed by atoms with Gasteiger partial charge < -0.3 is 25.0 Å². The number of aromatic nitrogens is 1. The lowest BCUT2D eigenvalue weighted by Crippen LogP contribution is -2.47. The third kappa shape index (κ3) is 4.38. The molecule has 0 aliphatic carbocycles. The van der Waals surface area contributed by atoms with Crippen molar-refractivity contribution in [3.8, 4) is 0 Å². The molecular formula is C24H27BrN4O4. The van der Waals surface area contributed by atoms with Gasteiger partial charge in [-0.1, -0.05) is 15.9 Å². The maximum atomic E-state index is 13.3. The lowest BCUT2D eigenvalue weighted by atomic mass is 10.0. The second kappa shape index (κ2) is 9.06. The van der Waals surface area contributed by atoms with Gasteiger partial charge in [0.2, 0.25) is 0 Å². The summed E-state index contributed by atoms with van der Waals surface area (Å²) in [4.78, 5) is 33.1. The Morgan fingerprint density at radius 1 is 1.21 bits per heavy atom. The van der Waals surface area contributed by atoms with E-state index < -0.39 is 6.10 Å². The van der Waals surface area contributed by atoms with E-state index in [9.17, 15) is 14.7 Å². The van der Waals surface area contributed by atoms with Gasteiger partial charge in [-0.25, -0.2) is 0 Å². The number of aromatic amines is 1. The number of rotatable bonds is 5. The van der Waals surface area contributed by atoms with E-state index in [4.69, 9.17) is 4.74 Å². The molecule has 3 N–H and O–H groups in total. The zero-order valence-corrected chi connectivity index (χ0v) is 20.1. The van der Waals surface area contributed by atoms with Crippen LogP contribution >= 0.6 is 15.9 Å². The van der Waals surface area contributed by atoms with E-state index in [-0.39, 0.29) is 11.8 Å². The summed E-state index contributed by atoms with van der Waals surface area (Å²) >= 11 is 3.47. The van der Waals surface area contributed by atoms with Gasteiger partial charge in [0.1, 0.15) is 0 Å². The first-order valence-electron chi connectivity index (χ1n) is 11.2. The molecule has 0 radical (unpaired) electrons. The average Bonchev–Trinajstić information content (AvgIpc) is 3.27. The van der Waals surface area contributed by atoms with Crippen molar-refractivity contribution in [1.82, 2.24) is 14.8 Å². The van der Waals surface area contributed by atoms with E-state index >= 15 is 0 Å². The zero-order valence-electron chi connectivity index (χ0n) is 18.5. The van der Waals surface area contributed by atoms with Gasteiger partial charge >= 0.3 is 0 Å². The fourth-order valence-corrected chi connectivity index (χ4v) is 5.18. The molecule has 4 heterocycles. The Morgan fingerprint density at radius 2 is 2.00 bits per heavy atom. The smallest absolute Gasteiger partial charge is 0.256 e. The molecular weight excluding hydrogens is 488 g/mol. The van der Waals surface area contributed by atoms with Gasteiger partial charge in [0.15, 0.2) is 0 Å². The number of halogens is 1. The minimum atomic E-state index is -0.605. The van der Waals surface area contributed by atoms with E-state index in [0.29, 0.717) is 50.4 Å². The molecule has 33 heavy (non-hydrogen) atoms. The van der Waals surface area contributed by atoms with Crippen LogP contribution in [-0.4, -0.2) is 83.7 Å². The van der Waals surface area contributed by atoms with Crippen LogP contribution in [0.1, 0.15) is 32.9 Å². The highest BCUT2D eigenvalue weighted by Crippen LogP contribution is 2.36. The van der Waals surface area contributed by atoms with E-state index in [1.165, 1.54) is 0 Å². The average molecular weight is 515 g/mol. The number of amides is 2. The number of benzene rings is 1. The maximum Gasteiger partial charge on any atom is 0.256 e. The largest absolute Gasteiger partial charge is 0.390 e. The maximum absolute atomic E-state index is 13.3. The zero-order chi connectivity index (χ0) is 23.1. The molecule has 3 aliphatic rings. The molecule has 174 valence electrons. The van der Waals surface area contributed by atoms with Crippen LogP contribution in [0.4, 0.5) is 5.69 Å². The summed E-state index contributed by atoms with van der Waals surface area (Å²) in [7, 11) is 0. The molecule has 1 atom stereocenters. The second-order valence-corrected chi connectivity index (χ2v) is 9.70. The molecule has 0 bridgehead atoms. The van der Waals surface area contributed by atoms with Crippen LogP contribution in [0.3, 0.4) is 0 Å². The van der Waals surface area contributed by atoms with Gasteiger partial charge in [-0.2, -0.15) is 0 Å². The first-order valence-corrected chi connectivity index (χ1v) is 12.0. The van der Waals surface area contributed by atoms with Crippen LogP contribution in [0, 0.1) is 6.92 Å². The van der Waals surface area contributed by atoms with Crippen molar-refractivity contribution in [2.75, 3.05) is 51.3 Å². The predicted octanol–water partition coefficient (Wildman–Crippen LogP) is 2.27. The number of β-amino-alcohol motifs (C(OH)–C–C–N with tert-alkyl or cyclic N) is 1. The highest BCUT2D eigenvalue weighted by Gasteiger charge is 2.31. The van der Waals surface area contributed by atoms with Gasteiger partial charge in [-0.15, -0.1) is 0 Å². The van der Waals surface area contributed by atoms with Crippen LogP contribution in [0.2, 0.25) is 0 Å². The summed E-state index contributed by atoms with van der Waals surface area (Å²) in [6, 6.07) is 5.68. The summed E-state index contributed by atoms with van der Waals surface area (Å²) in [5, 5.41) is 13.5. The number of nitrogens with one attached hydrogen (secondary N) is 2. The number of hydrogen-bond acceptors (Lipinski definition) is 5. The molecule has 1 saturated heterocycles. The second-order valence-electron chi connectivity index (χ2n) is 8.79. The highest BCUT2D eigenvalue weighted by atomic mass is 79.9. The quantitative estimate of drug-likeness (QED) is 0.531. The lowest BCUT2D eigenvalue weighted by molar-refractivity contribution is -0.110. The van der Waals surface area contributed by atoms with Crippen LogP contribution < -0.4 is 5.32 Å². The fourth-order valence-electron chi connectivity index (χ4n) is 4.82. The number of nitrogens with zero attached hydrogens (tertiary/aromatic N) is 2. The Morgan fingerprint density at radius 3 is 2.79 bits per heavy atom. The van der Waals surface area contributed by atoms with Crippen molar-refractivity contribution in [1.29, 1.82) is 0 Å². The van der Waals surface area contributed by atoms with Gasteiger partial charge in [-0.05, 0) is 36.8 Å². The number of hydrogen-bond donors (Lipinski definition) is 3. The molecule has 9 heteroatoms. The molecule has 5 rings (SSSR count). The van der Waals surface area contributed by atoms with Gasteiger partial charge in [0.25, 0.3) is 11.8 Å². The van der Waals surface area contributed by atoms with E-state index in [1.807, 2.05) is 31.2 Å². The summed E-state index contributed by atoms with van der Waals surface area (Å²) in [6.07, 6.45) is 1.90. The molecule has 1 aromatic carbocycles. The standard InChI is InChI=1S/C24H27BrN4O4/c1-14-21(11-18-17-10-15(25)2-3-19(17)27-23(18)31)26-20-4-5-29(24(32)22(14)20)13-16(30)12-28-6-8-33-9-7-28/h2-3,10-11,16,26,30H,4-9,12-13H2,1H3,(H,27,31). The molecule has 1 unspecified atom stereocenters. The van der Waals surface area contributed by atoms with Crippen molar-refractivity contribution >= 4 is 45.1 Å². The highest BCUT2D eigenvalue weighted by molar-refractivity contribution is 9.10.